The highest BCUT2D eigenvalue weighted by Gasteiger charge is 2.05. The van der Waals surface area contributed by atoms with E-state index in [-0.39, 0.29) is 0 Å². The number of alkyl halides is 1. The molecule has 0 saturated carbocycles. The lowest BCUT2D eigenvalue weighted by atomic mass is 10.1. The molecule has 0 atom stereocenters. The van der Waals surface area contributed by atoms with Crippen LogP contribution in [0.5, 0.6) is 0 Å². The summed E-state index contributed by atoms with van der Waals surface area (Å²) in [5.41, 5.74) is 1.03. The van der Waals surface area contributed by atoms with Crippen molar-refractivity contribution in [1.82, 2.24) is 0 Å². The van der Waals surface area contributed by atoms with E-state index < -0.39 is 5.97 Å². The van der Waals surface area contributed by atoms with Crippen LogP contribution in [-0.2, 0) is 0 Å². The average Bonchev–Trinajstić information content (AvgIpc) is 2.19. The van der Waals surface area contributed by atoms with Crippen molar-refractivity contribution in [3.63, 3.8) is 0 Å². The summed E-state index contributed by atoms with van der Waals surface area (Å²) in [5.74, 6) is -0.359. The van der Waals surface area contributed by atoms with Gasteiger partial charge in [-0.15, -0.1) is 11.6 Å². The third-order valence-electron chi connectivity index (χ3n) is 1.76. The standard InChI is InChI=1S/C11H11ClO2/c12-8-4-3-6-9-5-1-2-7-10(9)11(13)14/h1-3,5-7H,4,8H2,(H,13,14). The molecule has 0 radical (unpaired) electrons. The molecule has 2 nitrogen and oxygen atoms in total. The van der Waals surface area contributed by atoms with Gasteiger partial charge in [0.25, 0.3) is 0 Å². The van der Waals surface area contributed by atoms with Crippen LogP contribution < -0.4 is 0 Å². The van der Waals surface area contributed by atoms with Gasteiger partial charge in [-0.05, 0) is 18.1 Å². The SMILES string of the molecule is O=C(O)c1ccccc1C=CCCCl. The van der Waals surface area contributed by atoms with E-state index in [9.17, 15) is 4.79 Å². The molecule has 74 valence electrons. The van der Waals surface area contributed by atoms with Crippen LogP contribution in [0.2, 0.25) is 0 Å². The number of hydrogen-bond acceptors (Lipinski definition) is 1. The second kappa shape index (κ2) is 5.45. The van der Waals surface area contributed by atoms with Crippen molar-refractivity contribution < 1.29 is 9.90 Å². The number of benzene rings is 1. The van der Waals surface area contributed by atoms with Crippen LogP contribution in [0.1, 0.15) is 22.3 Å². The van der Waals surface area contributed by atoms with Gasteiger partial charge in [-0.25, -0.2) is 4.79 Å². The zero-order chi connectivity index (χ0) is 10.4. The monoisotopic (exact) mass is 210 g/mol. The largest absolute Gasteiger partial charge is 0.478 e. The Balaban J connectivity index is 2.90. The van der Waals surface area contributed by atoms with Crippen molar-refractivity contribution in [3.8, 4) is 0 Å². The third kappa shape index (κ3) is 2.89. The van der Waals surface area contributed by atoms with Crippen molar-refractivity contribution in [2.75, 3.05) is 5.88 Å². The number of carbonyl (C=O) groups is 1. The summed E-state index contributed by atoms with van der Waals surface area (Å²) < 4.78 is 0. The Morgan fingerprint density at radius 3 is 2.79 bits per heavy atom. The zero-order valence-corrected chi connectivity index (χ0v) is 8.37. The first-order valence-electron chi connectivity index (χ1n) is 4.30. The van der Waals surface area contributed by atoms with Crippen molar-refractivity contribution in [1.29, 1.82) is 0 Å². The van der Waals surface area contributed by atoms with E-state index in [1.54, 1.807) is 24.3 Å². The maximum absolute atomic E-state index is 10.8. The fourth-order valence-electron chi connectivity index (χ4n) is 1.11. The predicted molar refractivity (Wildman–Crippen MR) is 57.8 cm³/mol. The molecule has 0 unspecified atom stereocenters. The molecule has 0 aliphatic rings. The quantitative estimate of drug-likeness (QED) is 0.776. The molecule has 0 fully saturated rings. The van der Waals surface area contributed by atoms with E-state index in [0.717, 1.165) is 6.42 Å². The zero-order valence-electron chi connectivity index (χ0n) is 7.61. The first kappa shape index (κ1) is 10.8. The van der Waals surface area contributed by atoms with Crippen LogP contribution in [0.25, 0.3) is 6.08 Å². The number of allylic oxidation sites excluding steroid dienone is 1. The fourth-order valence-corrected chi connectivity index (χ4v) is 1.24. The summed E-state index contributed by atoms with van der Waals surface area (Å²) in [5, 5.41) is 8.86. The van der Waals surface area contributed by atoms with Crippen molar-refractivity contribution in [2.45, 2.75) is 6.42 Å². The lowest BCUT2D eigenvalue weighted by Crippen LogP contribution is -1.98. The highest BCUT2D eigenvalue weighted by Crippen LogP contribution is 2.11. The van der Waals surface area contributed by atoms with E-state index in [2.05, 4.69) is 0 Å². The maximum atomic E-state index is 10.8. The summed E-state index contributed by atoms with van der Waals surface area (Å²) in [4.78, 5) is 10.8. The fraction of sp³-hybridized carbons (Fsp3) is 0.182. The molecular formula is C11H11ClO2. The molecule has 1 aromatic rings. The summed E-state index contributed by atoms with van der Waals surface area (Å²) >= 11 is 5.50. The first-order valence-corrected chi connectivity index (χ1v) is 4.84. The molecule has 1 rings (SSSR count). The minimum Gasteiger partial charge on any atom is -0.478 e. The maximum Gasteiger partial charge on any atom is 0.336 e. The Morgan fingerprint density at radius 1 is 1.43 bits per heavy atom. The second-order valence-electron chi connectivity index (χ2n) is 2.77. The van der Waals surface area contributed by atoms with E-state index in [4.69, 9.17) is 16.7 Å². The Kier molecular flexibility index (Phi) is 4.20. The molecular weight excluding hydrogens is 200 g/mol. The average molecular weight is 211 g/mol. The number of halogens is 1. The van der Waals surface area contributed by atoms with E-state index >= 15 is 0 Å². The smallest absolute Gasteiger partial charge is 0.336 e. The molecule has 0 spiro atoms. The minimum absolute atomic E-state index is 0.318. The number of rotatable bonds is 4. The van der Waals surface area contributed by atoms with Crippen LogP contribution >= 0.6 is 11.6 Å². The summed E-state index contributed by atoms with van der Waals surface area (Å²) in [6.45, 7) is 0. The highest BCUT2D eigenvalue weighted by atomic mass is 35.5. The lowest BCUT2D eigenvalue weighted by molar-refractivity contribution is 0.0696. The van der Waals surface area contributed by atoms with Crippen LogP contribution in [0, 0.1) is 0 Å². The van der Waals surface area contributed by atoms with Crippen molar-refractivity contribution in [3.05, 3.63) is 41.5 Å². The van der Waals surface area contributed by atoms with Gasteiger partial charge in [0.05, 0.1) is 5.56 Å². The second-order valence-corrected chi connectivity index (χ2v) is 3.15. The first-order chi connectivity index (χ1) is 6.75. The molecule has 0 saturated heterocycles. The van der Waals surface area contributed by atoms with Crippen LogP contribution in [0.3, 0.4) is 0 Å². The van der Waals surface area contributed by atoms with Gasteiger partial charge in [-0.1, -0.05) is 30.4 Å². The molecule has 0 bridgehead atoms. The van der Waals surface area contributed by atoms with Gasteiger partial charge < -0.3 is 5.11 Å². The minimum atomic E-state index is -0.906. The lowest BCUT2D eigenvalue weighted by Gasteiger charge is -1.99. The van der Waals surface area contributed by atoms with Gasteiger partial charge in [0.15, 0.2) is 0 Å². The molecule has 0 aliphatic heterocycles. The van der Waals surface area contributed by atoms with Crippen molar-refractivity contribution in [2.24, 2.45) is 0 Å². The molecule has 0 heterocycles. The topological polar surface area (TPSA) is 37.3 Å². The van der Waals surface area contributed by atoms with Gasteiger partial charge in [0.2, 0.25) is 0 Å². The molecule has 1 aromatic carbocycles. The molecule has 1 N–H and O–H groups in total. The molecule has 0 aromatic heterocycles. The number of carboxylic acid groups (broad SMARTS) is 1. The van der Waals surface area contributed by atoms with Crippen LogP contribution in [0.15, 0.2) is 30.3 Å². The number of carboxylic acids is 1. The molecule has 14 heavy (non-hydrogen) atoms. The number of hydrogen-bond donors (Lipinski definition) is 1. The molecule has 0 aliphatic carbocycles. The Hall–Kier alpha value is -1.28. The van der Waals surface area contributed by atoms with Crippen LogP contribution in [-0.4, -0.2) is 17.0 Å². The summed E-state index contributed by atoms with van der Waals surface area (Å²) in [6, 6.07) is 6.88. The van der Waals surface area contributed by atoms with Gasteiger partial charge in [0, 0.05) is 5.88 Å². The van der Waals surface area contributed by atoms with Crippen molar-refractivity contribution >= 4 is 23.6 Å². The van der Waals surface area contributed by atoms with Gasteiger partial charge in [0.1, 0.15) is 0 Å². The predicted octanol–water partition coefficient (Wildman–Crippen LogP) is 3.03. The normalized spacial score (nSPS) is 10.6. The van der Waals surface area contributed by atoms with E-state index in [1.165, 1.54) is 0 Å². The van der Waals surface area contributed by atoms with Gasteiger partial charge >= 0.3 is 5.97 Å². The third-order valence-corrected chi connectivity index (χ3v) is 1.98. The summed E-state index contributed by atoms with van der Waals surface area (Å²) in [7, 11) is 0. The van der Waals surface area contributed by atoms with E-state index in [1.807, 2.05) is 12.1 Å². The highest BCUT2D eigenvalue weighted by molar-refractivity contribution is 6.17. The Labute approximate surface area is 87.8 Å². The van der Waals surface area contributed by atoms with Gasteiger partial charge in [-0.3, -0.25) is 0 Å². The molecule has 3 heteroatoms. The van der Waals surface area contributed by atoms with Crippen LogP contribution in [0.4, 0.5) is 0 Å². The Bertz CT molecular complexity index is 345. The van der Waals surface area contributed by atoms with Gasteiger partial charge in [-0.2, -0.15) is 0 Å². The van der Waals surface area contributed by atoms with E-state index in [0.29, 0.717) is 17.0 Å². The Morgan fingerprint density at radius 2 is 2.14 bits per heavy atom. The molecule has 0 amide bonds. The number of aromatic carboxylic acids is 1. The summed E-state index contributed by atoms with van der Waals surface area (Å²) in [6.07, 6.45) is 4.40.